The van der Waals surface area contributed by atoms with Gasteiger partial charge in [0.15, 0.2) is 25.0 Å². The summed E-state index contributed by atoms with van der Waals surface area (Å²) in [6, 6.07) is 0. The molecule has 3 aliphatic heterocycles. The predicted octanol–water partition coefficient (Wildman–Crippen LogP) is -0.682. The second kappa shape index (κ2) is 21.8. The Bertz CT molecular complexity index is 2240. The van der Waals surface area contributed by atoms with Crippen molar-refractivity contribution in [1.29, 1.82) is 0 Å². The van der Waals surface area contributed by atoms with Crippen molar-refractivity contribution in [2.75, 3.05) is 26.4 Å². The number of fused-ring (bicyclic) bond motifs is 7. The van der Waals surface area contributed by atoms with Crippen LogP contribution in [0.4, 0.5) is 0 Å². The lowest BCUT2D eigenvalue weighted by Crippen LogP contribution is -2.72. The van der Waals surface area contributed by atoms with E-state index < -0.39 is 193 Å². The van der Waals surface area contributed by atoms with Crippen LogP contribution in [-0.2, 0) is 52.3 Å². The van der Waals surface area contributed by atoms with Gasteiger partial charge in [-0.3, -0.25) is 4.79 Å². The summed E-state index contributed by atoms with van der Waals surface area (Å²) < 4.78 is 48.5. The number of allylic oxidation sites excluding steroid dienone is 3. The van der Waals surface area contributed by atoms with E-state index in [0.29, 0.717) is 37.7 Å². The number of ether oxygens (including phenoxy) is 8. The molecule has 3 heterocycles. The fourth-order valence-corrected chi connectivity index (χ4v) is 16.0. The van der Waals surface area contributed by atoms with Gasteiger partial charge in [0.1, 0.15) is 73.2 Å². The summed E-state index contributed by atoms with van der Waals surface area (Å²) in [4.78, 5) is 39.2. The third kappa shape index (κ3) is 9.55. The molecule has 0 aromatic rings. The van der Waals surface area contributed by atoms with E-state index in [1.165, 1.54) is 6.92 Å². The van der Waals surface area contributed by atoms with Gasteiger partial charge < -0.3 is 99.2 Å². The van der Waals surface area contributed by atoms with E-state index in [2.05, 4.69) is 26.8 Å². The van der Waals surface area contributed by atoms with Crippen LogP contribution in [0.2, 0.25) is 0 Å². The quantitative estimate of drug-likeness (QED) is 0.0444. The van der Waals surface area contributed by atoms with E-state index in [9.17, 15) is 75.7 Å². The number of carboxylic acid groups (broad SMARTS) is 1. The molecule has 0 unspecified atom stereocenters. The zero-order chi connectivity index (χ0) is 56.9. The third-order valence-electron chi connectivity index (χ3n) is 20.7. The number of carbonyl (C=O) groups excluding carboxylic acids is 2. The standard InChI is InChI=1S/C54H84O23/c1-10-23(2)45(69)77-42-43(70-24(3)59)54(22-58)26(17-49(42,4)5)25-11-12-30-50(6)15-14-32(51(7,21-57)29(50)13-16-52(30,8)53(25,9)18-31(54)60)73-48-41(76-47-37(65)35(63)33(61)27(19-55)71-47)39(38(66)40(75-48)44(67)68)74-46-36(64)34(62)28(20-56)72-46/h10-11,26-43,46-48,55-58,60-66H,12-22H2,1-9H3,(H,67,68)/b23-10-/t26-,27+,28-,29+,30+,31+,32-,33+,34-,35-,36+,37+,38-,39-,40-,41+,42-,43-,46-,47-,48+,50-,51+,52+,53+,54-/m0/s1. The van der Waals surface area contributed by atoms with Crippen molar-refractivity contribution in [1.82, 2.24) is 0 Å². The molecule has 8 aliphatic rings. The summed E-state index contributed by atoms with van der Waals surface area (Å²) in [5, 5.41) is 132. The van der Waals surface area contributed by atoms with Crippen LogP contribution in [0.3, 0.4) is 0 Å². The normalized spacial score (nSPS) is 50.5. The van der Waals surface area contributed by atoms with Crippen LogP contribution in [0.5, 0.6) is 0 Å². The molecule has 0 aromatic carbocycles. The van der Waals surface area contributed by atoms with Crippen molar-refractivity contribution < 1.29 is 114 Å². The highest BCUT2D eigenvalue weighted by molar-refractivity contribution is 5.87. The molecule has 0 aromatic heterocycles. The smallest absolute Gasteiger partial charge is 0.335 e. The molecule has 3 saturated heterocycles. The summed E-state index contributed by atoms with van der Waals surface area (Å²) >= 11 is 0. The molecule has 77 heavy (non-hydrogen) atoms. The van der Waals surface area contributed by atoms with Crippen molar-refractivity contribution in [3.05, 3.63) is 23.3 Å². The molecule has 23 heteroatoms. The van der Waals surface area contributed by atoms with Crippen molar-refractivity contribution in [2.45, 2.75) is 218 Å². The molecule has 4 saturated carbocycles. The fourth-order valence-electron chi connectivity index (χ4n) is 16.0. The number of carbonyl (C=O) groups is 3. The zero-order valence-corrected chi connectivity index (χ0v) is 45.4. The third-order valence-corrected chi connectivity index (χ3v) is 20.7. The first-order valence-electron chi connectivity index (χ1n) is 27.1. The van der Waals surface area contributed by atoms with Crippen LogP contribution in [0.1, 0.15) is 107 Å². The fraction of sp³-hybridized carbons (Fsp3) is 0.870. The monoisotopic (exact) mass is 1100 g/mol. The van der Waals surface area contributed by atoms with Crippen molar-refractivity contribution >= 4 is 17.9 Å². The highest BCUT2D eigenvalue weighted by atomic mass is 16.8. The molecule has 23 nitrogen and oxygen atoms in total. The molecule has 8 rings (SSSR count). The van der Waals surface area contributed by atoms with Crippen LogP contribution in [0, 0.1) is 50.2 Å². The van der Waals surface area contributed by atoms with Gasteiger partial charge in [0.25, 0.3) is 0 Å². The number of rotatable bonds is 14. The summed E-state index contributed by atoms with van der Waals surface area (Å²) in [5.41, 5.74) is -3.71. The van der Waals surface area contributed by atoms with Gasteiger partial charge in [-0.05, 0) is 92.8 Å². The minimum atomic E-state index is -2.15. The number of aliphatic hydroxyl groups is 11. The number of hydrogen-bond acceptors (Lipinski definition) is 22. The molecule has 0 bridgehead atoms. The summed E-state index contributed by atoms with van der Waals surface area (Å²) in [6.07, 6.45) is -23.3. The lowest BCUT2D eigenvalue weighted by atomic mass is 9.33. The molecule has 0 spiro atoms. The van der Waals surface area contributed by atoms with Crippen LogP contribution in [0.25, 0.3) is 0 Å². The summed E-state index contributed by atoms with van der Waals surface area (Å²) in [6.45, 7) is 14.3. The van der Waals surface area contributed by atoms with E-state index in [0.717, 1.165) is 5.57 Å². The maximum Gasteiger partial charge on any atom is 0.335 e. The Hall–Kier alpha value is -2.79. The predicted molar refractivity (Wildman–Crippen MR) is 263 cm³/mol. The minimum Gasteiger partial charge on any atom is -0.479 e. The zero-order valence-electron chi connectivity index (χ0n) is 45.4. The second-order valence-electron chi connectivity index (χ2n) is 25.0. The highest BCUT2D eigenvalue weighted by Crippen LogP contribution is 2.76. The number of esters is 2. The largest absolute Gasteiger partial charge is 0.479 e. The second-order valence-corrected chi connectivity index (χ2v) is 25.0. The Labute approximate surface area is 448 Å². The average Bonchev–Trinajstić information content (AvgIpc) is 3.82. The van der Waals surface area contributed by atoms with Crippen LogP contribution < -0.4 is 0 Å². The maximum atomic E-state index is 13.4. The highest BCUT2D eigenvalue weighted by Gasteiger charge is 2.74. The van der Waals surface area contributed by atoms with E-state index in [-0.39, 0.29) is 24.7 Å². The van der Waals surface area contributed by atoms with Gasteiger partial charge in [0.2, 0.25) is 0 Å². The number of carboxylic acids is 1. The molecule has 0 radical (unpaired) electrons. The van der Waals surface area contributed by atoms with E-state index in [4.69, 9.17) is 37.9 Å². The molecule has 0 amide bonds. The molecule has 5 aliphatic carbocycles. The van der Waals surface area contributed by atoms with E-state index in [1.807, 2.05) is 20.8 Å². The van der Waals surface area contributed by atoms with Crippen molar-refractivity contribution in [3.8, 4) is 0 Å². The van der Waals surface area contributed by atoms with E-state index in [1.54, 1.807) is 19.9 Å². The van der Waals surface area contributed by atoms with Crippen LogP contribution >= 0.6 is 0 Å². The lowest BCUT2D eigenvalue weighted by molar-refractivity contribution is -0.387. The number of aliphatic carboxylic acids is 1. The lowest BCUT2D eigenvalue weighted by Gasteiger charge is -2.72. The molecule has 7 fully saturated rings. The maximum absolute atomic E-state index is 13.4. The summed E-state index contributed by atoms with van der Waals surface area (Å²) in [5.74, 6) is -3.80. The Kier molecular flexibility index (Phi) is 17.1. The molecular weight excluding hydrogens is 1020 g/mol. The van der Waals surface area contributed by atoms with Crippen molar-refractivity contribution in [3.63, 3.8) is 0 Å². The molecule has 438 valence electrons. The van der Waals surface area contributed by atoms with Gasteiger partial charge >= 0.3 is 17.9 Å². The Balaban J connectivity index is 1.13. The molecule has 26 atom stereocenters. The Morgan fingerprint density at radius 2 is 1.27 bits per heavy atom. The Morgan fingerprint density at radius 3 is 1.83 bits per heavy atom. The van der Waals surface area contributed by atoms with Gasteiger partial charge in [-0.1, -0.05) is 59.3 Å². The first kappa shape index (κ1) is 60.3. The van der Waals surface area contributed by atoms with Gasteiger partial charge in [-0.2, -0.15) is 0 Å². The number of aliphatic hydroxyl groups excluding tert-OH is 11. The SMILES string of the molecule is C/C=C(/C)C(=O)O[C@H]1[C@H](OC(C)=O)[C@]2(CO)[C@H](O)C[C@]3(C)C(=CC[C@@H]4[C@@]5(C)CC[C@H](O[C@@H]6O[C@H](C(=O)O)[C@@H](O)[C@H](O[C@@H]7O[C@@H](CO)[C@H](O)[C@H]7O)[C@H]6O[C@@H]6O[C@H](CO)[C@@H](O)[C@H](O)[C@H]6O)[C@](C)(CO)[C@@H]5CC[C@]43C)[C@@H]2CC1(C)C. The van der Waals surface area contributed by atoms with E-state index >= 15 is 0 Å². The molecule has 12 N–H and O–H groups in total. The molecular formula is C54H84O23. The average molecular weight is 1100 g/mol. The van der Waals surface area contributed by atoms with Gasteiger partial charge in [0, 0.05) is 23.3 Å². The number of hydrogen-bond donors (Lipinski definition) is 12. The van der Waals surface area contributed by atoms with Crippen molar-refractivity contribution in [2.24, 2.45) is 50.2 Å². The first-order valence-corrected chi connectivity index (χ1v) is 27.1. The summed E-state index contributed by atoms with van der Waals surface area (Å²) in [7, 11) is 0. The van der Waals surface area contributed by atoms with Crippen LogP contribution in [-0.4, -0.2) is 216 Å². The van der Waals surface area contributed by atoms with Gasteiger partial charge in [-0.15, -0.1) is 0 Å². The first-order chi connectivity index (χ1) is 36.0. The van der Waals surface area contributed by atoms with Gasteiger partial charge in [0.05, 0.1) is 44.1 Å². The Morgan fingerprint density at radius 1 is 0.675 bits per heavy atom. The topological polar surface area (TPSA) is 368 Å². The van der Waals surface area contributed by atoms with Crippen LogP contribution in [0.15, 0.2) is 23.3 Å². The van der Waals surface area contributed by atoms with Gasteiger partial charge in [-0.25, -0.2) is 9.59 Å². The minimum absolute atomic E-state index is 0.0741.